The minimum absolute atomic E-state index is 0.0139. The predicted octanol–water partition coefficient (Wildman–Crippen LogP) is 3.15. The Hall–Kier alpha value is -1.83. The molecule has 0 amide bonds. The number of aliphatic hydroxyl groups is 1. The van der Waals surface area contributed by atoms with Crippen molar-refractivity contribution in [2.75, 3.05) is 17.7 Å². The average Bonchev–Trinajstić information content (AvgIpc) is 2.54. The van der Waals surface area contributed by atoms with E-state index in [1.807, 2.05) is 24.3 Å². The summed E-state index contributed by atoms with van der Waals surface area (Å²) in [4.78, 5) is 15.4. The van der Waals surface area contributed by atoms with E-state index >= 15 is 0 Å². The summed E-state index contributed by atoms with van der Waals surface area (Å²) in [6, 6.07) is 10.3. The number of halogens is 1. The van der Waals surface area contributed by atoms with Crippen molar-refractivity contribution >= 4 is 34.7 Å². The Bertz CT molecular complexity index is 639. The molecule has 0 aliphatic rings. The third-order valence-electron chi connectivity index (χ3n) is 2.74. The summed E-state index contributed by atoms with van der Waals surface area (Å²) in [5, 5.41) is 23.7. The van der Waals surface area contributed by atoms with Gasteiger partial charge in [0.2, 0.25) is 0 Å². The van der Waals surface area contributed by atoms with Gasteiger partial charge in [0.05, 0.1) is 16.9 Å². The number of anilines is 1. The SMILES string of the molecule is O=[N+]([O-])c1cccnc1Sc1ccc(NCC(O)CCl)cc1. The second kappa shape index (κ2) is 7.98. The topological polar surface area (TPSA) is 88.3 Å². The molecule has 2 aromatic rings. The number of pyridine rings is 1. The van der Waals surface area contributed by atoms with Crippen molar-refractivity contribution in [3.05, 3.63) is 52.7 Å². The molecule has 116 valence electrons. The first-order valence-corrected chi connectivity index (χ1v) is 7.80. The lowest BCUT2D eigenvalue weighted by Crippen LogP contribution is -2.20. The van der Waals surface area contributed by atoms with Crippen molar-refractivity contribution < 1.29 is 10.0 Å². The highest BCUT2D eigenvalue weighted by Crippen LogP contribution is 2.33. The van der Waals surface area contributed by atoms with Crippen molar-refractivity contribution in [2.45, 2.75) is 16.0 Å². The van der Waals surface area contributed by atoms with E-state index < -0.39 is 11.0 Å². The molecule has 1 heterocycles. The molecule has 22 heavy (non-hydrogen) atoms. The van der Waals surface area contributed by atoms with Crippen LogP contribution >= 0.6 is 23.4 Å². The zero-order valence-electron chi connectivity index (χ0n) is 11.5. The van der Waals surface area contributed by atoms with Gasteiger partial charge in [-0.05, 0) is 30.3 Å². The lowest BCUT2D eigenvalue weighted by atomic mass is 10.3. The van der Waals surface area contributed by atoms with Gasteiger partial charge in [0.15, 0.2) is 5.03 Å². The lowest BCUT2D eigenvalue weighted by molar-refractivity contribution is -0.388. The number of rotatable bonds is 7. The highest BCUT2D eigenvalue weighted by Gasteiger charge is 2.15. The van der Waals surface area contributed by atoms with Crippen LogP contribution in [0.15, 0.2) is 52.5 Å². The van der Waals surface area contributed by atoms with Crippen LogP contribution in [-0.2, 0) is 0 Å². The Morgan fingerprint density at radius 3 is 2.73 bits per heavy atom. The minimum Gasteiger partial charge on any atom is -0.390 e. The maximum atomic E-state index is 11.0. The van der Waals surface area contributed by atoms with Gasteiger partial charge in [-0.3, -0.25) is 10.1 Å². The summed E-state index contributed by atoms with van der Waals surface area (Å²) in [6.45, 7) is 0.363. The number of alkyl halides is 1. The molecular weight excluding hydrogens is 326 g/mol. The standard InChI is InChI=1S/C14H14ClN3O3S/c15-8-11(19)9-17-10-3-5-12(6-4-10)22-14-13(18(20)21)2-1-7-16-14/h1-7,11,17,19H,8-9H2. The molecule has 0 aliphatic heterocycles. The number of benzene rings is 1. The summed E-state index contributed by atoms with van der Waals surface area (Å²) in [6.07, 6.45) is 0.922. The fraction of sp³-hybridized carbons (Fsp3) is 0.214. The summed E-state index contributed by atoms with van der Waals surface area (Å²) in [5.74, 6) is 0.171. The molecule has 0 saturated heterocycles. The molecule has 2 N–H and O–H groups in total. The van der Waals surface area contributed by atoms with Crippen LogP contribution in [0.1, 0.15) is 0 Å². The number of hydrogen-bond donors (Lipinski definition) is 2. The molecule has 6 nitrogen and oxygen atoms in total. The fourth-order valence-corrected chi connectivity index (χ4v) is 2.61. The molecule has 2 rings (SSSR count). The molecule has 0 radical (unpaired) electrons. The highest BCUT2D eigenvalue weighted by molar-refractivity contribution is 7.99. The summed E-state index contributed by atoms with van der Waals surface area (Å²) < 4.78 is 0. The first-order chi connectivity index (χ1) is 10.6. The predicted molar refractivity (Wildman–Crippen MR) is 86.7 cm³/mol. The normalized spacial score (nSPS) is 11.9. The van der Waals surface area contributed by atoms with Gasteiger partial charge in [-0.2, -0.15) is 0 Å². The van der Waals surface area contributed by atoms with E-state index in [-0.39, 0.29) is 11.6 Å². The molecule has 1 atom stereocenters. The zero-order chi connectivity index (χ0) is 15.9. The summed E-state index contributed by atoms with van der Waals surface area (Å²) in [5.41, 5.74) is 0.823. The van der Waals surface area contributed by atoms with E-state index in [4.69, 9.17) is 11.6 Å². The number of aromatic nitrogens is 1. The van der Waals surface area contributed by atoms with Crippen molar-refractivity contribution in [1.82, 2.24) is 4.98 Å². The Kier molecular flexibility index (Phi) is 6.00. The zero-order valence-corrected chi connectivity index (χ0v) is 13.0. The molecule has 1 aromatic carbocycles. The van der Waals surface area contributed by atoms with Crippen LogP contribution < -0.4 is 5.32 Å². The second-order valence-corrected chi connectivity index (χ2v) is 5.77. The van der Waals surface area contributed by atoms with Crippen LogP contribution in [0, 0.1) is 10.1 Å². The van der Waals surface area contributed by atoms with Crippen LogP contribution in [0.3, 0.4) is 0 Å². The smallest absolute Gasteiger partial charge is 0.301 e. The molecular formula is C14H14ClN3O3S. The first-order valence-electron chi connectivity index (χ1n) is 6.45. The van der Waals surface area contributed by atoms with Crippen LogP contribution in [-0.4, -0.2) is 33.5 Å². The maximum Gasteiger partial charge on any atom is 0.301 e. The van der Waals surface area contributed by atoms with Crippen LogP contribution in [0.25, 0.3) is 0 Å². The third-order valence-corrected chi connectivity index (χ3v) is 4.11. The van der Waals surface area contributed by atoms with Gasteiger partial charge in [0, 0.05) is 29.4 Å². The van der Waals surface area contributed by atoms with E-state index in [9.17, 15) is 15.2 Å². The third kappa shape index (κ3) is 4.59. The van der Waals surface area contributed by atoms with Crippen LogP contribution in [0.5, 0.6) is 0 Å². The van der Waals surface area contributed by atoms with Crippen LogP contribution in [0.4, 0.5) is 11.4 Å². The van der Waals surface area contributed by atoms with E-state index in [1.54, 1.807) is 0 Å². The largest absolute Gasteiger partial charge is 0.390 e. The molecule has 1 aromatic heterocycles. The van der Waals surface area contributed by atoms with E-state index in [0.717, 1.165) is 10.6 Å². The van der Waals surface area contributed by atoms with E-state index in [1.165, 1.54) is 30.1 Å². The average molecular weight is 340 g/mol. The van der Waals surface area contributed by atoms with Crippen molar-refractivity contribution in [2.24, 2.45) is 0 Å². The molecule has 0 fully saturated rings. The first kappa shape index (κ1) is 16.5. The number of hydrogen-bond acceptors (Lipinski definition) is 6. The molecule has 0 saturated carbocycles. The Labute approximate surface area is 136 Å². The number of aliphatic hydroxyl groups excluding tert-OH is 1. The van der Waals surface area contributed by atoms with Crippen molar-refractivity contribution in [3.63, 3.8) is 0 Å². The molecule has 8 heteroatoms. The summed E-state index contributed by atoms with van der Waals surface area (Å²) in [7, 11) is 0. The van der Waals surface area contributed by atoms with Gasteiger partial charge in [-0.15, -0.1) is 11.6 Å². The van der Waals surface area contributed by atoms with Crippen LogP contribution in [0.2, 0.25) is 0 Å². The Morgan fingerprint density at radius 2 is 2.09 bits per heavy atom. The molecule has 0 aliphatic carbocycles. The number of nitro groups is 1. The minimum atomic E-state index is -0.605. The number of nitrogens with one attached hydrogen (secondary N) is 1. The van der Waals surface area contributed by atoms with Gasteiger partial charge < -0.3 is 10.4 Å². The fourth-order valence-electron chi connectivity index (χ4n) is 1.64. The molecule has 0 bridgehead atoms. The molecule has 0 spiro atoms. The van der Waals surface area contributed by atoms with Gasteiger partial charge in [-0.25, -0.2) is 4.98 Å². The lowest BCUT2D eigenvalue weighted by Gasteiger charge is -2.10. The quantitative estimate of drug-likeness (QED) is 0.457. The van der Waals surface area contributed by atoms with Gasteiger partial charge in [0.25, 0.3) is 0 Å². The highest BCUT2D eigenvalue weighted by atomic mass is 35.5. The van der Waals surface area contributed by atoms with E-state index in [2.05, 4.69) is 10.3 Å². The van der Waals surface area contributed by atoms with Gasteiger partial charge >= 0.3 is 5.69 Å². The summed E-state index contributed by atoms with van der Waals surface area (Å²) >= 11 is 6.75. The molecule has 1 unspecified atom stereocenters. The maximum absolute atomic E-state index is 11.0. The van der Waals surface area contributed by atoms with Gasteiger partial charge in [0.1, 0.15) is 0 Å². The van der Waals surface area contributed by atoms with Crippen molar-refractivity contribution in [1.29, 1.82) is 0 Å². The van der Waals surface area contributed by atoms with E-state index in [0.29, 0.717) is 11.6 Å². The van der Waals surface area contributed by atoms with Crippen molar-refractivity contribution in [3.8, 4) is 0 Å². The monoisotopic (exact) mass is 339 g/mol. The van der Waals surface area contributed by atoms with Gasteiger partial charge in [-0.1, -0.05) is 11.8 Å². The Balaban J connectivity index is 2.04. The number of nitrogens with zero attached hydrogens (tertiary/aromatic N) is 2. The Morgan fingerprint density at radius 1 is 1.36 bits per heavy atom. The second-order valence-electron chi connectivity index (χ2n) is 4.40.